The zero-order valence-corrected chi connectivity index (χ0v) is 14.4. The van der Waals surface area contributed by atoms with Crippen LogP contribution in [0.4, 0.5) is 5.82 Å². The summed E-state index contributed by atoms with van der Waals surface area (Å²) in [7, 11) is 0. The van der Waals surface area contributed by atoms with Gasteiger partial charge < -0.3 is 15.0 Å². The topological polar surface area (TPSA) is 74.1 Å². The number of nitrogens with zero attached hydrogens (tertiary/aromatic N) is 4. The number of rotatable bonds is 6. The average molecular weight is 337 g/mol. The van der Waals surface area contributed by atoms with Crippen molar-refractivity contribution in [1.82, 2.24) is 15.5 Å². The monoisotopic (exact) mass is 337 g/mol. The molecular formula is C19H23N5O. The molecule has 0 radical (unpaired) electrons. The Kier molecular flexibility index (Phi) is 5.81. The van der Waals surface area contributed by atoms with Crippen LogP contribution in [-0.4, -0.2) is 35.4 Å². The van der Waals surface area contributed by atoms with Crippen LogP contribution in [0.25, 0.3) is 0 Å². The van der Waals surface area contributed by atoms with E-state index in [1.54, 1.807) is 13.1 Å². The van der Waals surface area contributed by atoms with Crippen molar-refractivity contribution < 1.29 is 4.74 Å². The van der Waals surface area contributed by atoms with Gasteiger partial charge in [0.2, 0.25) is 0 Å². The van der Waals surface area contributed by atoms with Crippen LogP contribution in [0, 0.1) is 11.3 Å². The Morgan fingerprint density at radius 1 is 1.36 bits per heavy atom. The highest BCUT2D eigenvalue weighted by atomic mass is 16.5. The van der Waals surface area contributed by atoms with Crippen LogP contribution in [0.15, 0.2) is 42.6 Å². The third-order valence-electron chi connectivity index (χ3n) is 4.32. The lowest BCUT2D eigenvalue weighted by Gasteiger charge is -2.33. The lowest BCUT2D eigenvalue weighted by molar-refractivity contribution is 0.276. The summed E-state index contributed by atoms with van der Waals surface area (Å²) in [5.74, 6) is 1.67. The van der Waals surface area contributed by atoms with Crippen LogP contribution in [0.5, 0.6) is 5.75 Å². The standard InChI is InChI=1S/C19H23N5O/c1-15(12-20)25-18-8-6-16(7-9-18)13-21-17-4-3-11-24(14-17)19-5-2-10-22-23-19/h2,5-10,15,17,21H,3-4,11,13-14H2,1H3/t15-,17-/m1/s1. The lowest BCUT2D eigenvalue weighted by atomic mass is 10.1. The van der Waals surface area contributed by atoms with Crippen molar-refractivity contribution in [1.29, 1.82) is 5.26 Å². The highest BCUT2D eigenvalue weighted by molar-refractivity contribution is 5.37. The van der Waals surface area contributed by atoms with E-state index in [1.165, 1.54) is 5.56 Å². The number of aromatic nitrogens is 2. The first-order valence-electron chi connectivity index (χ1n) is 8.66. The van der Waals surface area contributed by atoms with Crippen molar-refractivity contribution in [2.45, 2.75) is 38.5 Å². The smallest absolute Gasteiger partial charge is 0.181 e. The van der Waals surface area contributed by atoms with E-state index in [9.17, 15) is 0 Å². The number of anilines is 1. The molecule has 2 atom stereocenters. The van der Waals surface area contributed by atoms with Crippen LogP contribution in [0.3, 0.4) is 0 Å². The van der Waals surface area contributed by atoms with Crippen LogP contribution in [0.2, 0.25) is 0 Å². The van der Waals surface area contributed by atoms with Crippen molar-refractivity contribution in [3.8, 4) is 11.8 Å². The Morgan fingerprint density at radius 3 is 2.92 bits per heavy atom. The maximum absolute atomic E-state index is 8.79. The number of piperidine rings is 1. The molecule has 25 heavy (non-hydrogen) atoms. The fraction of sp³-hybridized carbons (Fsp3) is 0.421. The largest absolute Gasteiger partial charge is 0.476 e. The summed E-state index contributed by atoms with van der Waals surface area (Å²) in [4.78, 5) is 2.29. The third-order valence-corrected chi connectivity index (χ3v) is 4.32. The number of nitriles is 1. The molecule has 0 aliphatic carbocycles. The van der Waals surface area contributed by atoms with Crippen molar-refractivity contribution in [3.05, 3.63) is 48.2 Å². The minimum Gasteiger partial charge on any atom is -0.476 e. The average Bonchev–Trinajstić information content (AvgIpc) is 2.68. The van der Waals surface area contributed by atoms with Crippen LogP contribution in [0.1, 0.15) is 25.3 Å². The van der Waals surface area contributed by atoms with Gasteiger partial charge in [-0.2, -0.15) is 10.4 Å². The first kappa shape index (κ1) is 17.2. The van der Waals surface area contributed by atoms with Gasteiger partial charge in [0.1, 0.15) is 11.8 Å². The fourth-order valence-electron chi connectivity index (χ4n) is 2.99. The Balaban J connectivity index is 1.50. The quantitative estimate of drug-likeness (QED) is 0.873. The molecule has 0 amide bonds. The fourth-order valence-corrected chi connectivity index (χ4v) is 2.99. The van der Waals surface area contributed by atoms with Crippen molar-refractivity contribution in [2.75, 3.05) is 18.0 Å². The molecule has 0 spiro atoms. The maximum atomic E-state index is 8.79. The molecule has 1 aliphatic rings. The molecule has 0 bridgehead atoms. The molecule has 1 aromatic heterocycles. The SMILES string of the molecule is C[C@H](C#N)Oc1ccc(CN[C@@H]2CCCN(c3cccnn3)C2)cc1. The molecule has 1 saturated heterocycles. The molecule has 1 aliphatic heterocycles. The van der Waals surface area contributed by atoms with Gasteiger partial charge >= 0.3 is 0 Å². The maximum Gasteiger partial charge on any atom is 0.181 e. The molecule has 0 unspecified atom stereocenters. The highest BCUT2D eigenvalue weighted by Crippen LogP contribution is 2.18. The van der Waals surface area contributed by atoms with Gasteiger partial charge in [-0.15, -0.1) is 5.10 Å². The van der Waals surface area contributed by atoms with Gasteiger partial charge in [0, 0.05) is 31.9 Å². The van der Waals surface area contributed by atoms with E-state index in [0.717, 1.165) is 44.0 Å². The molecule has 6 heteroatoms. The van der Waals surface area contributed by atoms with Gasteiger partial charge in [0.25, 0.3) is 0 Å². The molecule has 1 aromatic carbocycles. The second-order valence-electron chi connectivity index (χ2n) is 6.28. The second-order valence-corrected chi connectivity index (χ2v) is 6.28. The van der Waals surface area contributed by atoms with E-state index in [2.05, 4.69) is 26.5 Å². The first-order valence-corrected chi connectivity index (χ1v) is 8.66. The van der Waals surface area contributed by atoms with Crippen LogP contribution >= 0.6 is 0 Å². The summed E-state index contributed by atoms with van der Waals surface area (Å²) < 4.78 is 5.47. The Morgan fingerprint density at radius 2 is 2.20 bits per heavy atom. The van der Waals surface area contributed by atoms with Gasteiger partial charge in [-0.3, -0.25) is 0 Å². The Bertz CT molecular complexity index is 698. The highest BCUT2D eigenvalue weighted by Gasteiger charge is 2.20. The summed E-state index contributed by atoms with van der Waals surface area (Å²) in [5, 5.41) is 20.6. The molecule has 3 rings (SSSR count). The van der Waals surface area contributed by atoms with Gasteiger partial charge in [-0.1, -0.05) is 12.1 Å². The second kappa shape index (κ2) is 8.45. The van der Waals surface area contributed by atoms with Crippen molar-refractivity contribution in [3.63, 3.8) is 0 Å². The van der Waals surface area contributed by atoms with E-state index in [-0.39, 0.29) is 0 Å². The minimum absolute atomic E-state index is 0.432. The molecule has 1 fully saturated rings. The molecule has 2 aromatic rings. The molecular weight excluding hydrogens is 314 g/mol. The summed E-state index contributed by atoms with van der Waals surface area (Å²) in [6.07, 6.45) is 3.58. The van der Waals surface area contributed by atoms with Gasteiger partial charge in [0.15, 0.2) is 11.9 Å². The van der Waals surface area contributed by atoms with Crippen molar-refractivity contribution in [2.24, 2.45) is 0 Å². The zero-order valence-electron chi connectivity index (χ0n) is 14.4. The predicted octanol–water partition coefficient (Wildman–Crippen LogP) is 2.53. The number of benzene rings is 1. The molecule has 6 nitrogen and oxygen atoms in total. The van der Waals surface area contributed by atoms with Gasteiger partial charge in [-0.25, -0.2) is 0 Å². The normalized spacial score (nSPS) is 18.4. The summed E-state index contributed by atoms with van der Waals surface area (Å²) in [6.45, 7) is 4.52. The van der Waals surface area contributed by atoms with E-state index < -0.39 is 6.10 Å². The number of hydrogen-bond donors (Lipinski definition) is 1. The summed E-state index contributed by atoms with van der Waals surface area (Å²) >= 11 is 0. The lowest BCUT2D eigenvalue weighted by Crippen LogP contribution is -2.45. The molecule has 2 heterocycles. The van der Waals surface area contributed by atoms with Crippen molar-refractivity contribution >= 4 is 5.82 Å². The minimum atomic E-state index is -0.432. The first-order chi connectivity index (χ1) is 12.2. The zero-order chi connectivity index (χ0) is 17.5. The number of hydrogen-bond acceptors (Lipinski definition) is 6. The molecule has 130 valence electrons. The number of ether oxygens (including phenoxy) is 1. The molecule has 1 N–H and O–H groups in total. The van der Waals surface area contributed by atoms with Crippen LogP contribution < -0.4 is 15.0 Å². The number of nitrogens with one attached hydrogen (secondary N) is 1. The predicted molar refractivity (Wildman–Crippen MR) is 96.3 cm³/mol. The van der Waals surface area contributed by atoms with Gasteiger partial charge in [-0.05, 0) is 49.6 Å². The van der Waals surface area contributed by atoms with Gasteiger partial charge in [0.05, 0.1) is 0 Å². The van der Waals surface area contributed by atoms with E-state index in [1.807, 2.05) is 36.4 Å². The Labute approximate surface area is 148 Å². The molecule has 0 saturated carbocycles. The van der Waals surface area contributed by atoms with E-state index in [0.29, 0.717) is 6.04 Å². The third kappa shape index (κ3) is 4.91. The Hall–Kier alpha value is -2.65. The van der Waals surface area contributed by atoms with E-state index in [4.69, 9.17) is 10.00 Å². The summed E-state index contributed by atoms with van der Waals surface area (Å²) in [6, 6.07) is 14.3. The van der Waals surface area contributed by atoms with E-state index >= 15 is 0 Å². The summed E-state index contributed by atoms with van der Waals surface area (Å²) in [5.41, 5.74) is 1.20. The van der Waals surface area contributed by atoms with Crippen LogP contribution in [-0.2, 0) is 6.54 Å².